The Bertz CT molecular complexity index is 399. The number of nitrogens with zero attached hydrogens (tertiary/aromatic N) is 3. The fourth-order valence-electron chi connectivity index (χ4n) is 1.24. The molecule has 6 nitrogen and oxygen atoms in total. The maximum absolute atomic E-state index is 11.6. The van der Waals surface area contributed by atoms with E-state index < -0.39 is 9.84 Å². The normalized spacial score (nSPS) is 11.9. The quantitative estimate of drug-likeness (QED) is 0.718. The van der Waals surface area contributed by atoms with E-state index in [2.05, 4.69) is 10.1 Å². The first-order chi connectivity index (χ1) is 7.09. The summed E-state index contributed by atoms with van der Waals surface area (Å²) in [6.45, 7) is 2.91. The van der Waals surface area contributed by atoms with E-state index >= 15 is 0 Å². The minimum Gasteiger partial charge on any atom is -0.330 e. The smallest absolute Gasteiger partial charge is 0.157 e. The molecule has 86 valence electrons. The van der Waals surface area contributed by atoms with E-state index in [0.717, 1.165) is 0 Å². The number of nitrogens with two attached hydrogens (primary N) is 1. The van der Waals surface area contributed by atoms with Gasteiger partial charge >= 0.3 is 0 Å². The summed E-state index contributed by atoms with van der Waals surface area (Å²) < 4.78 is 24.8. The topological polar surface area (TPSA) is 90.9 Å². The molecule has 0 atom stereocenters. The number of hydrogen-bond donors (Lipinski definition) is 1. The molecule has 0 amide bonds. The largest absolute Gasteiger partial charge is 0.330 e. The van der Waals surface area contributed by atoms with Crippen molar-refractivity contribution in [3.8, 4) is 0 Å². The molecule has 1 rings (SSSR count). The van der Waals surface area contributed by atoms with Gasteiger partial charge in [-0.25, -0.2) is 18.1 Å². The Labute approximate surface area is 89.4 Å². The van der Waals surface area contributed by atoms with Crippen LogP contribution in [0.5, 0.6) is 0 Å². The highest BCUT2D eigenvalue weighted by molar-refractivity contribution is 7.90. The Morgan fingerprint density at radius 1 is 1.53 bits per heavy atom. The molecule has 0 aromatic carbocycles. The number of aromatic nitrogens is 3. The predicted octanol–water partition coefficient (Wildman–Crippen LogP) is -0.438. The Kier molecular flexibility index (Phi) is 4.22. The van der Waals surface area contributed by atoms with Gasteiger partial charge in [0.15, 0.2) is 9.84 Å². The van der Waals surface area contributed by atoms with Gasteiger partial charge in [-0.2, -0.15) is 5.10 Å². The first-order valence-corrected chi connectivity index (χ1v) is 6.68. The standard InChI is InChI=1S/C8H16N4O2S/c1-2-12-8(10-7-11-12)6-15(13,14)5-3-4-9/h7H,2-6,9H2,1H3. The monoisotopic (exact) mass is 232 g/mol. The maximum Gasteiger partial charge on any atom is 0.157 e. The molecule has 0 bridgehead atoms. The van der Waals surface area contributed by atoms with Crippen molar-refractivity contribution in [3.05, 3.63) is 12.2 Å². The molecule has 0 saturated carbocycles. The van der Waals surface area contributed by atoms with E-state index in [0.29, 0.717) is 25.3 Å². The fourth-order valence-corrected chi connectivity index (χ4v) is 2.60. The highest BCUT2D eigenvalue weighted by Crippen LogP contribution is 2.04. The van der Waals surface area contributed by atoms with Crippen molar-refractivity contribution >= 4 is 9.84 Å². The van der Waals surface area contributed by atoms with Crippen LogP contribution in [0.3, 0.4) is 0 Å². The van der Waals surface area contributed by atoms with Crippen LogP contribution in [0.15, 0.2) is 6.33 Å². The molecule has 1 aromatic heterocycles. The maximum atomic E-state index is 11.6. The van der Waals surface area contributed by atoms with Crippen LogP contribution in [0.1, 0.15) is 19.2 Å². The van der Waals surface area contributed by atoms with Crippen LogP contribution in [0.4, 0.5) is 0 Å². The van der Waals surface area contributed by atoms with Gasteiger partial charge in [0, 0.05) is 6.54 Å². The molecule has 0 aliphatic rings. The first-order valence-electron chi connectivity index (χ1n) is 4.86. The van der Waals surface area contributed by atoms with Crippen molar-refractivity contribution in [1.82, 2.24) is 14.8 Å². The average molecular weight is 232 g/mol. The van der Waals surface area contributed by atoms with Gasteiger partial charge in [0.05, 0.1) is 5.75 Å². The van der Waals surface area contributed by atoms with Gasteiger partial charge in [0.1, 0.15) is 17.9 Å². The summed E-state index contributed by atoms with van der Waals surface area (Å²) in [7, 11) is -3.10. The van der Waals surface area contributed by atoms with Crippen LogP contribution in [0, 0.1) is 0 Å². The van der Waals surface area contributed by atoms with E-state index in [-0.39, 0.29) is 11.5 Å². The summed E-state index contributed by atoms with van der Waals surface area (Å²) in [6, 6.07) is 0. The van der Waals surface area contributed by atoms with E-state index in [1.54, 1.807) is 4.68 Å². The second kappa shape index (κ2) is 5.22. The second-order valence-corrected chi connectivity index (χ2v) is 5.41. The molecule has 1 heterocycles. The zero-order valence-electron chi connectivity index (χ0n) is 8.76. The van der Waals surface area contributed by atoms with E-state index in [1.165, 1.54) is 6.33 Å². The van der Waals surface area contributed by atoms with Gasteiger partial charge in [0.2, 0.25) is 0 Å². The van der Waals surface area contributed by atoms with E-state index in [1.807, 2.05) is 6.92 Å². The van der Waals surface area contributed by atoms with Gasteiger partial charge < -0.3 is 5.73 Å². The Balaban J connectivity index is 2.68. The van der Waals surface area contributed by atoms with E-state index in [4.69, 9.17) is 5.73 Å². The summed E-state index contributed by atoms with van der Waals surface area (Å²) in [4.78, 5) is 3.92. The molecule has 2 N–H and O–H groups in total. The van der Waals surface area contributed by atoms with Gasteiger partial charge in [-0.05, 0) is 19.9 Å². The average Bonchev–Trinajstić information content (AvgIpc) is 2.61. The third kappa shape index (κ3) is 3.60. The molecular formula is C8H16N4O2S. The number of sulfone groups is 1. The molecular weight excluding hydrogens is 216 g/mol. The summed E-state index contributed by atoms with van der Waals surface area (Å²) in [5.41, 5.74) is 5.27. The molecule has 0 aliphatic carbocycles. The third-order valence-electron chi connectivity index (χ3n) is 2.00. The first kappa shape index (κ1) is 12.1. The molecule has 0 aliphatic heterocycles. The van der Waals surface area contributed by atoms with Gasteiger partial charge in [-0.15, -0.1) is 0 Å². The highest BCUT2D eigenvalue weighted by atomic mass is 32.2. The molecule has 0 spiro atoms. The number of aryl methyl sites for hydroxylation is 1. The van der Waals surface area contributed by atoms with E-state index in [9.17, 15) is 8.42 Å². The molecule has 0 unspecified atom stereocenters. The minimum atomic E-state index is -3.10. The van der Waals surface area contributed by atoms with Crippen molar-refractivity contribution in [2.75, 3.05) is 12.3 Å². The zero-order valence-corrected chi connectivity index (χ0v) is 9.57. The lowest BCUT2D eigenvalue weighted by molar-refractivity contribution is 0.582. The Hall–Kier alpha value is -0.950. The number of rotatable bonds is 6. The summed E-state index contributed by atoms with van der Waals surface area (Å²) in [5, 5.41) is 3.92. The number of hydrogen-bond acceptors (Lipinski definition) is 5. The lowest BCUT2D eigenvalue weighted by Crippen LogP contribution is -2.16. The lowest BCUT2D eigenvalue weighted by Gasteiger charge is -2.04. The van der Waals surface area contributed by atoms with Crippen LogP contribution in [-0.4, -0.2) is 35.5 Å². The van der Waals surface area contributed by atoms with Crippen LogP contribution in [0.2, 0.25) is 0 Å². The third-order valence-corrected chi connectivity index (χ3v) is 3.61. The lowest BCUT2D eigenvalue weighted by atomic mass is 10.5. The molecule has 0 saturated heterocycles. The molecule has 0 fully saturated rings. The van der Waals surface area contributed by atoms with Gasteiger partial charge in [-0.1, -0.05) is 0 Å². The molecule has 0 radical (unpaired) electrons. The van der Waals surface area contributed by atoms with Crippen LogP contribution < -0.4 is 5.73 Å². The Morgan fingerprint density at radius 2 is 2.27 bits per heavy atom. The van der Waals surface area contributed by atoms with Crippen molar-refractivity contribution < 1.29 is 8.42 Å². The molecule has 7 heteroatoms. The summed E-state index contributed by atoms with van der Waals surface area (Å²) >= 11 is 0. The zero-order chi connectivity index (χ0) is 11.3. The molecule has 15 heavy (non-hydrogen) atoms. The van der Waals surface area contributed by atoms with Crippen molar-refractivity contribution in [2.24, 2.45) is 5.73 Å². The predicted molar refractivity (Wildman–Crippen MR) is 56.9 cm³/mol. The van der Waals surface area contributed by atoms with Gasteiger partial charge in [0.25, 0.3) is 0 Å². The Morgan fingerprint density at radius 3 is 2.87 bits per heavy atom. The van der Waals surface area contributed by atoms with Crippen molar-refractivity contribution in [1.29, 1.82) is 0 Å². The highest BCUT2D eigenvalue weighted by Gasteiger charge is 2.15. The fraction of sp³-hybridized carbons (Fsp3) is 0.750. The molecule has 1 aromatic rings. The summed E-state index contributed by atoms with van der Waals surface area (Å²) in [5.74, 6) is 0.551. The van der Waals surface area contributed by atoms with Crippen LogP contribution in [0.25, 0.3) is 0 Å². The second-order valence-electron chi connectivity index (χ2n) is 3.23. The minimum absolute atomic E-state index is 0.0547. The van der Waals surface area contributed by atoms with Crippen molar-refractivity contribution in [3.63, 3.8) is 0 Å². The van der Waals surface area contributed by atoms with Gasteiger partial charge in [-0.3, -0.25) is 0 Å². The summed E-state index contributed by atoms with van der Waals surface area (Å²) in [6.07, 6.45) is 1.86. The van der Waals surface area contributed by atoms with Crippen LogP contribution >= 0.6 is 0 Å². The SMILES string of the molecule is CCn1ncnc1CS(=O)(=O)CCCN. The van der Waals surface area contributed by atoms with Crippen molar-refractivity contribution in [2.45, 2.75) is 25.6 Å². The van der Waals surface area contributed by atoms with Crippen LogP contribution in [-0.2, 0) is 22.1 Å².